The summed E-state index contributed by atoms with van der Waals surface area (Å²) in [5, 5.41) is 4.08. The maximum atomic E-state index is 12.2. The van der Waals surface area contributed by atoms with Gasteiger partial charge in [0.05, 0.1) is 6.54 Å². The lowest BCUT2D eigenvalue weighted by Crippen LogP contribution is -2.39. The maximum absolute atomic E-state index is 12.2. The van der Waals surface area contributed by atoms with Crippen LogP contribution in [0.5, 0.6) is 11.5 Å². The zero-order valence-corrected chi connectivity index (χ0v) is 14.8. The van der Waals surface area contributed by atoms with Crippen LogP contribution in [0.4, 0.5) is 0 Å². The first kappa shape index (κ1) is 18.4. The molecule has 0 aliphatic heterocycles. The van der Waals surface area contributed by atoms with Crippen molar-refractivity contribution < 1.29 is 14.3 Å². The first-order chi connectivity index (χ1) is 11.6. The van der Waals surface area contributed by atoms with Gasteiger partial charge in [0, 0.05) is 10.0 Å². The molecule has 128 valence electrons. The topological polar surface area (TPSA) is 47.6 Å². The minimum Gasteiger partial charge on any atom is -0.492 e. The van der Waals surface area contributed by atoms with Crippen LogP contribution in [-0.4, -0.2) is 25.2 Å². The van der Waals surface area contributed by atoms with Crippen LogP contribution in [0.25, 0.3) is 0 Å². The smallest absolute Gasteiger partial charge is 0.261 e. The Morgan fingerprint density at radius 3 is 2.08 bits per heavy atom. The fourth-order valence-corrected chi connectivity index (χ4v) is 2.24. The molecule has 0 heterocycles. The Hall–Kier alpha value is -1.91. The van der Waals surface area contributed by atoms with Crippen molar-refractivity contribution in [3.63, 3.8) is 0 Å². The minimum atomic E-state index is -0.554. The summed E-state index contributed by atoms with van der Waals surface area (Å²) >= 11 is 11.6. The summed E-state index contributed by atoms with van der Waals surface area (Å²) in [6.45, 7) is 2.65. The van der Waals surface area contributed by atoms with Crippen molar-refractivity contribution in [3.8, 4) is 11.5 Å². The van der Waals surface area contributed by atoms with Crippen molar-refractivity contribution in [3.05, 3.63) is 58.6 Å². The highest BCUT2D eigenvalue weighted by molar-refractivity contribution is 6.30. The van der Waals surface area contributed by atoms with Crippen molar-refractivity contribution in [1.29, 1.82) is 0 Å². The van der Waals surface area contributed by atoms with Crippen LogP contribution in [0.3, 0.4) is 0 Å². The number of hydrogen-bond donors (Lipinski definition) is 1. The zero-order valence-electron chi connectivity index (χ0n) is 13.3. The third-order valence-corrected chi connectivity index (χ3v) is 3.74. The van der Waals surface area contributed by atoms with Gasteiger partial charge < -0.3 is 14.8 Å². The van der Waals surface area contributed by atoms with Gasteiger partial charge in [-0.1, -0.05) is 30.1 Å². The lowest BCUT2D eigenvalue weighted by molar-refractivity contribution is -0.128. The molecular formula is C18H19Cl2NO3. The number of carbonyl (C=O) groups is 1. The predicted molar refractivity (Wildman–Crippen MR) is 96.1 cm³/mol. The van der Waals surface area contributed by atoms with Crippen LogP contribution < -0.4 is 14.8 Å². The summed E-state index contributed by atoms with van der Waals surface area (Å²) in [4.78, 5) is 12.2. The monoisotopic (exact) mass is 367 g/mol. The quantitative estimate of drug-likeness (QED) is 0.705. The summed E-state index contributed by atoms with van der Waals surface area (Å²) in [5.41, 5.74) is 0. The van der Waals surface area contributed by atoms with Gasteiger partial charge in [0.15, 0.2) is 6.10 Å². The second-order valence-corrected chi connectivity index (χ2v) is 5.93. The highest BCUT2D eigenvalue weighted by atomic mass is 35.5. The second kappa shape index (κ2) is 9.40. The molecule has 0 aliphatic carbocycles. The van der Waals surface area contributed by atoms with Gasteiger partial charge in [-0.3, -0.25) is 4.79 Å². The molecule has 0 saturated heterocycles. The summed E-state index contributed by atoms with van der Waals surface area (Å²) in [5.74, 6) is 1.14. The van der Waals surface area contributed by atoms with Crippen molar-refractivity contribution in [2.75, 3.05) is 13.2 Å². The molecule has 1 amide bonds. The van der Waals surface area contributed by atoms with Crippen LogP contribution >= 0.6 is 23.2 Å². The van der Waals surface area contributed by atoms with Crippen LogP contribution in [0, 0.1) is 0 Å². The number of benzene rings is 2. The fraction of sp³-hybridized carbons (Fsp3) is 0.278. The molecule has 0 aliphatic rings. The summed E-state index contributed by atoms with van der Waals surface area (Å²) < 4.78 is 11.2. The molecule has 0 unspecified atom stereocenters. The molecule has 1 atom stereocenters. The highest BCUT2D eigenvalue weighted by Gasteiger charge is 2.17. The summed E-state index contributed by atoms with van der Waals surface area (Å²) in [6.07, 6.45) is 0.00803. The van der Waals surface area contributed by atoms with Gasteiger partial charge >= 0.3 is 0 Å². The number of carbonyl (C=O) groups excluding carboxylic acids is 1. The molecule has 0 aromatic heterocycles. The van der Waals surface area contributed by atoms with E-state index in [-0.39, 0.29) is 5.91 Å². The zero-order chi connectivity index (χ0) is 17.4. The van der Waals surface area contributed by atoms with E-state index in [1.54, 1.807) is 48.5 Å². The van der Waals surface area contributed by atoms with E-state index < -0.39 is 6.10 Å². The van der Waals surface area contributed by atoms with E-state index in [4.69, 9.17) is 32.7 Å². The minimum absolute atomic E-state index is 0.174. The first-order valence-corrected chi connectivity index (χ1v) is 8.42. The van der Waals surface area contributed by atoms with Gasteiger partial charge in [-0.15, -0.1) is 0 Å². The molecule has 2 rings (SSSR count). The molecule has 6 heteroatoms. The number of halogens is 2. The average Bonchev–Trinajstić information content (AvgIpc) is 2.59. The summed E-state index contributed by atoms with van der Waals surface area (Å²) in [6, 6.07) is 14.0. The van der Waals surface area contributed by atoms with Crippen molar-refractivity contribution >= 4 is 29.1 Å². The molecule has 4 nitrogen and oxygen atoms in total. The standard InChI is InChI=1S/C18H19Cl2NO3/c1-2-17(24-16-9-5-14(20)6-10-16)18(22)21-11-12-23-15-7-3-13(19)4-8-15/h3-10,17H,2,11-12H2,1H3,(H,21,22)/t17-/m1/s1. The molecule has 2 aromatic rings. The summed E-state index contributed by atoms with van der Waals surface area (Å²) in [7, 11) is 0. The van der Waals surface area contributed by atoms with Crippen LogP contribution in [-0.2, 0) is 4.79 Å². The van der Waals surface area contributed by atoms with Crippen LogP contribution in [0.15, 0.2) is 48.5 Å². The molecule has 0 saturated carbocycles. The molecule has 2 aromatic carbocycles. The van der Waals surface area contributed by atoms with E-state index in [1.165, 1.54) is 0 Å². The van der Waals surface area contributed by atoms with Gasteiger partial charge in [-0.25, -0.2) is 0 Å². The number of nitrogens with one attached hydrogen (secondary N) is 1. The van der Waals surface area contributed by atoms with Crippen molar-refractivity contribution in [2.45, 2.75) is 19.4 Å². The van der Waals surface area contributed by atoms with Crippen molar-refractivity contribution in [2.24, 2.45) is 0 Å². The molecular weight excluding hydrogens is 349 g/mol. The molecule has 24 heavy (non-hydrogen) atoms. The van der Waals surface area contributed by atoms with E-state index in [0.29, 0.717) is 41.1 Å². The molecule has 1 N–H and O–H groups in total. The van der Waals surface area contributed by atoms with Gasteiger partial charge in [0.25, 0.3) is 5.91 Å². The number of ether oxygens (including phenoxy) is 2. The van der Waals surface area contributed by atoms with Gasteiger partial charge in [0.2, 0.25) is 0 Å². The Morgan fingerprint density at radius 1 is 1.00 bits per heavy atom. The van der Waals surface area contributed by atoms with E-state index >= 15 is 0 Å². The van der Waals surface area contributed by atoms with Crippen LogP contribution in [0.1, 0.15) is 13.3 Å². The first-order valence-electron chi connectivity index (χ1n) is 7.67. The Morgan fingerprint density at radius 2 is 1.54 bits per heavy atom. The number of hydrogen-bond acceptors (Lipinski definition) is 3. The van der Waals surface area contributed by atoms with E-state index in [2.05, 4.69) is 5.32 Å². The SMILES string of the molecule is CC[C@@H](Oc1ccc(Cl)cc1)C(=O)NCCOc1ccc(Cl)cc1. The average molecular weight is 368 g/mol. The normalized spacial score (nSPS) is 11.6. The molecule has 0 bridgehead atoms. The Kier molecular flexibility index (Phi) is 7.22. The molecule has 0 radical (unpaired) electrons. The Labute approximate surface area is 151 Å². The van der Waals surface area contributed by atoms with Gasteiger partial charge in [-0.2, -0.15) is 0 Å². The van der Waals surface area contributed by atoms with E-state index in [0.717, 1.165) is 0 Å². The Balaban J connectivity index is 1.75. The van der Waals surface area contributed by atoms with Gasteiger partial charge in [-0.05, 0) is 55.0 Å². The number of amides is 1. The van der Waals surface area contributed by atoms with Gasteiger partial charge in [0.1, 0.15) is 18.1 Å². The maximum Gasteiger partial charge on any atom is 0.261 e. The third kappa shape index (κ3) is 5.95. The Bertz CT molecular complexity index is 644. The largest absolute Gasteiger partial charge is 0.492 e. The second-order valence-electron chi connectivity index (χ2n) is 5.06. The number of rotatable bonds is 8. The molecule has 0 spiro atoms. The van der Waals surface area contributed by atoms with E-state index in [9.17, 15) is 4.79 Å². The van der Waals surface area contributed by atoms with Crippen LogP contribution in [0.2, 0.25) is 10.0 Å². The van der Waals surface area contributed by atoms with Crippen molar-refractivity contribution in [1.82, 2.24) is 5.32 Å². The molecule has 0 fully saturated rings. The fourth-order valence-electron chi connectivity index (χ4n) is 1.99. The lowest BCUT2D eigenvalue weighted by atomic mass is 10.2. The predicted octanol–water partition coefficient (Wildman–Crippen LogP) is 4.35. The van der Waals surface area contributed by atoms with E-state index in [1.807, 2.05) is 6.92 Å². The lowest BCUT2D eigenvalue weighted by Gasteiger charge is -2.17. The third-order valence-electron chi connectivity index (χ3n) is 3.24. The highest BCUT2D eigenvalue weighted by Crippen LogP contribution is 2.18.